The second-order valence-electron chi connectivity index (χ2n) is 5.72. The number of carbonyl (C=O) groups excluding carboxylic acids is 1. The van der Waals surface area contributed by atoms with Gasteiger partial charge in [0, 0.05) is 43.8 Å². The van der Waals surface area contributed by atoms with E-state index in [1.165, 1.54) is 12.1 Å². The number of nitrogens with zero attached hydrogens (tertiary/aromatic N) is 1. The van der Waals surface area contributed by atoms with Crippen molar-refractivity contribution in [3.05, 3.63) is 35.8 Å². The van der Waals surface area contributed by atoms with Crippen molar-refractivity contribution in [2.45, 2.75) is 13.3 Å². The zero-order chi connectivity index (χ0) is 18.8. The fraction of sp³-hybridized carbons (Fsp3) is 0.444. The molecule has 4 N–H and O–H groups in total. The van der Waals surface area contributed by atoms with Crippen molar-refractivity contribution < 1.29 is 13.9 Å². The zero-order valence-electron chi connectivity index (χ0n) is 15.2. The molecule has 2 rings (SSSR count). The Bertz CT molecular complexity index is 744. The zero-order valence-corrected chi connectivity index (χ0v) is 15.2. The first-order valence-electron chi connectivity index (χ1n) is 8.67. The van der Waals surface area contributed by atoms with E-state index < -0.39 is 0 Å². The maximum absolute atomic E-state index is 13.4. The number of H-pyrrole nitrogens is 1. The molecule has 0 saturated carbocycles. The van der Waals surface area contributed by atoms with Crippen LogP contribution in [0.4, 0.5) is 4.39 Å². The Kier molecular flexibility index (Phi) is 7.88. The molecule has 0 unspecified atom stereocenters. The summed E-state index contributed by atoms with van der Waals surface area (Å²) in [7, 11) is 1.58. The highest BCUT2D eigenvalue weighted by Crippen LogP contribution is 2.19. The number of hydrogen-bond acceptors (Lipinski definition) is 3. The van der Waals surface area contributed by atoms with Crippen molar-refractivity contribution in [2.75, 3.05) is 39.9 Å². The second-order valence-corrected chi connectivity index (χ2v) is 5.72. The fourth-order valence-electron chi connectivity index (χ4n) is 2.51. The Morgan fingerprint density at radius 1 is 1.27 bits per heavy atom. The number of guanidine groups is 1. The summed E-state index contributed by atoms with van der Waals surface area (Å²) in [5, 5.41) is 9.88. The first-order chi connectivity index (χ1) is 12.6. The van der Waals surface area contributed by atoms with Gasteiger partial charge in [-0.05, 0) is 37.1 Å². The molecule has 1 heterocycles. The van der Waals surface area contributed by atoms with Gasteiger partial charge in [-0.1, -0.05) is 0 Å². The summed E-state index contributed by atoms with van der Waals surface area (Å²) in [6.45, 7) is 4.23. The lowest BCUT2D eigenvalue weighted by Gasteiger charge is -2.11. The van der Waals surface area contributed by atoms with Crippen LogP contribution in [0.5, 0.6) is 0 Å². The van der Waals surface area contributed by atoms with Gasteiger partial charge in [-0.25, -0.2) is 9.38 Å². The number of aromatic amines is 1. The minimum absolute atomic E-state index is 0.0390. The van der Waals surface area contributed by atoms with E-state index in [-0.39, 0.29) is 18.3 Å². The molecule has 0 aliphatic rings. The largest absolute Gasteiger partial charge is 0.383 e. The number of carbonyl (C=O) groups is 1. The van der Waals surface area contributed by atoms with Crippen LogP contribution in [0.25, 0.3) is 10.9 Å². The number of ether oxygens (including phenoxy) is 1. The van der Waals surface area contributed by atoms with Gasteiger partial charge in [-0.2, -0.15) is 0 Å². The Morgan fingerprint density at radius 2 is 2.12 bits per heavy atom. The number of halogens is 1. The van der Waals surface area contributed by atoms with Gasteiger partial charge in [-0.15, -0.1) is 0 Å². The van der Waals surface area contributed by atoms with Crippen LogP contribution in [0.1, 0.15) is 12.5 Å². The third-order valence-electron chi connectivity index (χ3n) is 3.77. The number of nitrogens with one attached hydrogen (secondary N) is 4. The van der Waals surface area contributed by atoms with Gasteiger partial charge in [0.15, 0.2) is 5.96 Å². The number of amides is 1. The summed E-state index contributed by atoms with van der Waals surface area (Å²) < 4.78 is 18.3. The first kappa shape index (κ1) is 19.7. The quantitative estimate of drug-likeness (QED) is 0.306. The average molecular weight is 363 g/mol. The van der Waals surface area contributed by atoms with Crippen LogP contribution in [-0.2, 0) is 16.0 Å². The molecule has 0 atom stereocenters. The molecule has 0 spiro atoms. The summed E-state index contributed by atoms with van der Waals surface area (Å²) in [6.07, 6.45) is 2.59. The maximum Gasteiger partial charge on any atom is 0.241 e. The van der Waals surface area contributed by atoms with Gasteiger partial charge < -0.3 is 25.7 Å². The highest BCUT2D eigenvalue weighted by atomic mass is 19.1. The van der Waals surface area contributed by atoms with Gasteiger partial charge in [0.2, 0.25) is 5.91 Å². The third kappa shape index (κ3) is 6.03. The van der Waals surface area contributed by atoms with Crippen LogP contribution in [0.3, 0.4) is 0 Å². The molecule has 1 aromatic heterocycles. The van der Waals surface area contributed by atoms with Gasteiger partial charge >= 0.3 is 0 Å². The number of fused-ring (bicyclic) bond motifs is 1. The summed E-state index contributed by atoms with van der Waals surface area (Å²) in [5.74, 6) is 0.160. The van der Waals surface area contributed by atoms with Crippen LogP contribution < -0.4 is 16.0 Å². The average Bonchev–Trinajstić information content (AvgIpc) is 3.02. The van der Waals surface area contributed by atoms with Crippen molar-refractivity contribution in [1.82, 2.24) is 20.9 Å². The predicted molar refractivity (Wildman–Crippen MR) is 101 cm³/mol. The Hall–Kier alpha value is -2.61. The molecule has 0 aliphatic carbocycles. The van der Waals surface area contributed by atoms with E-state index in [2.05, 4.69) is 25.9 Å². The molecule has 2 aromatic rings. The van der Waals surface area contributed by atoms with Crippen molar-refractivity contribution in [2.24, 2.45) is 4.99 Å². The Labute approximate surface area is 152 Å². The van der Waals surface area contributed by atoms with E-state index in [1.54, 1.807) is 13.2 Å². The molecule has 0 saturated heterocycles. The van der Waals surface area contributed by atoms with Crippen molar-refractivity contribution in [3.63, 3.8) is 0 Å². The van der Waals surface area contributed by atoms with Crippen LogP contribution in [0.15, 0.2) is 29.4 Å². The smallest absolute Gasteiger partial charge is 0.241 e. The number of benzene rings is 1. The lowest BCUT2D eigenvalue weighted by Crippen LogP contribution is -2.39. The normalized spacial score (nSPS) is 11.6. The molecular weight excluding hydrogens is 337 g/mol. The van der Waals surface area contributed by atoms with Gasteiger partial charge in [0.05, 0.1) is 6.61 Å². The van der Waals surface area contributed by atoms with Crippen LogP contribution in [0, 0.1) is 5.82 Å². The van der Waals surface area contributed by atoms with Gasteiger partial charge in [0.1, 0.15) is 12.4 Å². The molecule has 1 aromatic carbocycles. The highest BCUT2D eigenvalue weighted by molar-refractivity contribution is 5.85. The Morgan fingerprint density at radius 3 is 2.88 bits per heavy atom. The molecular formula is C18H26FN5O2. The van der Waals surface area contributed by atoms with E-state index in [4.69, 9.17) is 4.74 Å². The standard InChI is InChI=1S/C18H26FN5O2/c1-3-20-18(24-12-17(25)21-8-9-26-2)22-7-6-13-11-23-16-5-4-14(19)10-15(13)16/h4-5,10-11,23H,3,6-9,12H2,1-2H3,(H,21,25)(H2,20,22,24). The van der Waals surface area contributed by atoms with Crippen molar-refractivity contribution in [1.29, 1.82) is 0 Å². The van der Waals surface area contributed by atoms with E-state index in [9.17, 15) is 9.18 Å². The minimum atomic E-state index is -0.249. The van der Waals surface area contributed by atoms with Crippen LogP contribution in [0.2, 0.25) is 0 Å². The molecule has 0 aliphatic heterocycles. The predicted octanol–water partition coefficient (Wildman–Crippen LogP) is 1.17. The monoisotopic (exact) mass is 363 g/mol. The number of rotatable bonds is 9. The molecule has 0 radical (unpaired) electrons. The molecule has 7 nitrogen and oxygen atoms in total. The van der Waals surface area contributed by atoms with E-state index in [0.717, 1.165) is 16.5 Å². The van der Waals surface area contributed by atoms with Crippen LogP contribution >= 0.6 is 0 Å². The van der Waals surface area contributed by atoms with E-state index >= 15 is 0 Å². The van der Waals surface area contributed by atoms with Gasteiger partial charge in [-0.3, -0.25) is 4.79 Å². The Balaban J connectivity index is 1.86. The van der Waals surface area contributed by atoms with Crippen LogP contribution in [-0.4, -0.2) is 56.7 Å². The molecule has 0 fully saturated rings. The minimum Gasteiger partial charge on any atom is -0.383 e. The number of methoxy groups -OCH3 is 1. The lowest BCUT2D eigenvalue weighted by atomic mass is 10.1. The SMILES string of the molecule is CCNC(=NCC(=O)NCCOC)NCCc1c[nH]c2ccc(F)cc12. The van der Waals surface area contributed by atoms with Crippen molar-refractivity contribution >= 4 is 22.8 Å². The first-order valence-corrected chi connectivity index (χ1v) is 8.67. The summed E-state index contributed by atoms with van der Waals surface area (Å²) in [6, 6.07) is 4.70. The van der Waals surface area contributed by atoms with E-state index in [1.807, 2.05) is 13.1 Å². The number of aliphatic imine (C=N–C) groups is 1. The summed E-state index contributed by atoms with van der Waals surface area (Å²) in [5.41, 5.74) is 1.94. The molecule has 26 heavy (non-hydrogen) atoms. The lowest BCUT2D eigenvalue weighted by molar-refractivity contribution is -0.119. The third-order valence-corrected chi connectivity index (χ3v) is 3.77. The summed E-state index contributed by atoms with van der Waals surface area (Å²) in [4.78, 5) is 19.1. The fourth-order valence-corrected chi connectivity index (χ4v) is 2.51. The maximum atomic E-state index is 13.4. The second kappa shape index (κ2) is 10.4. The number of hydrogen-bond donors (Lipinski definition) is 4. The topological polar surface area (TPSA) is 90.5 Å². The molecule has 142 valence electrons. The molecule has 8 heteroatoms. The molecule has 1 amide bonds. The highest BCUT2D eigenvalue weighted by Gasteiger charge is 2.06. The molecule has 0 bridgehead atoms. The van der Waals surface area contributed by atoms with Gasteiger partial charge in [0.25, 0.3) is 0 Å². The van der Waals surface area contributed by atoms with Crippen molar-refractivity contribution in [3.8, 4) is 0 Å². The summed E-state index contributed by atoms with van der Waals surface area (Å²) >= 11 is 0. The van der Waals surface area contributed by atoms with E-state index in [0.29, 0.717) is 38.6 Å². The number of aromatic nitrogens is 1.